The maximum absolute atomic E-state index is 13.0. The number of H-pyrrole nitrogens is 1. The van der Waals surface area contributed by atoms with E-state index in [0.717, 1.165) is 55.0 Å². The summed E-state index contributed by atoms with van der Waals surface area (Å²) in [7, 11) is 0. The summed E-state index contributed by atoms with van der Waals surface area (Å²) in [6.45, 7) is 7.29. The summed E-state index contributed by atoms with van der Waals surface area (Å²) in [4.78, 5) is 29.1. The van der Waals surface area contributed by atoms with Gasteiger partial charge in [-0.2, -0.15) is 0 Å². The molecule has 134 valence electrons. The number of carbonyl (C=O) groups is 1. The Morgan fingerprint density at radius 2 is 2.00 bits per heavy atom. The van der Waals surface area contributed by atoms with Crippen LogP contribution in [-0.4, -0.2) is 51.9 Å². The first-order valence-electron chi connectivity index (χ1n) is 9.03. The van der Waals surface area contributed by atoms with E-state index in [4.69, 9.17) is 0 Å². The van der Waals surface area contributed by atoms with Crippen LogP contribution < -0.4 is 4.90 Å². The number of benzene rings is 1. The summed E-state index contributed by atoms with van der Waals surface area (Å²) >= 11 is 0. The molecule has 0 spiro atoms. The fraction of sp³-hybridized carbons (Fsp3) is 0.350. The van der Waals surface area contributed by atoms with Crippen LogP contribution >= 0.6 is 0 Å². The number of pyridine rings is 1. The average molecular weight is 349 g/mol. The molecule has 3 heterocycles. The first-order valence-corrected chi connectivity index (χ1v) is 9.03. The summed E-state index contributed by atoms with van der Waals surface area (Å²) in [6.07, 6.45) is 4.68. The molecule has 0 atom stereocenters. The van der Waals surface area contributed by atoms with Crippen molar-refractivity contribution in [3.8, 4) is 0 Å². The second-order valence-corrected chi connectivity index (χ2v) is 6.85. The fourth-order valence-electron chi connectivity index (χ4n) is 3.64. The second kappa shape index (κ2) is 6.78. The number of fused-ring (bicyclic) bond motifs is 1. The number of aromatic amines is 1. The molecule has 0 saturated carbocycles. The molecule has 2 aromatic heterocycles. The van der Waals surface area contributed by atoms with Crippen LogP contribution in [0.4, 0.5) is 5.69 Å². The highest BCUT2D eigenvalue weighted by Crippen LogP contribution is 2.21. The molecule has 1 N–H and O–H groups in total. The van der Waals surface area contributed by atoms with Crippen LogP contribution in [0.3, 0.4) is 0 Å². The van der Waals surface area contributed by atoms with Crippen molar-refractivity contribution in [2.75, 3.05) is 31.1 Å². The summed E-state index contributed by atoms with van der Waals surface area (Å²) in [5, 5.41) is 0. The zero-order chi connectivity index (χ0) is 18.1. The van der Waals surface area contributed by atoms with Crippen molar-refractivity contribution in [3.05, 3.63) is 53.6 Å². The second-order valence-electron chi connectivity index (χ2n) is 6.85. The van der Waals surface area contributed by atoms with Gasteiger partial charge in [-0.15, -0.1) is 0 Å². The van der Waals surface area contributed by atoms with Gasteiger partial charge >= 0.3 is 0 Å². The third-order valence-electron chi connectivity index (χ3n) is 4.96. The quantitative estimate of drug-likeness (QED) is 0.772. The van der Waals surface area contributed by atoms with Crippen LogP contribution in [0.5, 0.6) is 0 Å². The van der Waals surface area contributed by atoms with Gasteiger partial charge in [-0.25, -0.2) is 4.98 Å². The van der Waals surface area contributed by atoms with E-state index in [0.29, 0.717) is 0 Å². The number of hydrogen-bond donors (Lipinski definition) is 1. The zero-order valence-electron chi connectivity index (χ0n) is 15.2. The van der Waals surface area contributed by atoms with Crippen LogP contribution in [0, 0.1) is 13.8 Å². The Bertz CT molecular complexity index is 948. The van der Waals surface area contributed by atoms with Crippen LogP contribution in [0.1, 0.15) is 28.2 Å². The molecule has 6 nitrogen and oxygen atoms in total. The smallest absolute Gasteiger partial charge is 0.253 e. The Labute approximate surface area is 152 Å². The lowest BCUT2D eigenvalue weighted by Crippen LogP contribution is -2.35. The highest BCUT2D eigenvalue weighted by Gasteiger charge is 2.21. The van der Waals surface area contributed by atoms with Gasteiger partial charge in [0.1, 0.15) is 5.82 Å². The van der Waals surface area contributed by atoms with Gasteiger partial charge in [0.2, 0.25) is 0 Å². The minimum Gasteiger partial charge on any atom is -0.369 e. The fourth-order valence-corrected chi connectivity index (χ4v) is 3.64. The Morgan fingerprint density at radius 1 is 1.12 bits per heavy atom. The predicted molar refractivity (Wildman–Crippen MR) is 103 cm³/mol. The van der Waals surface area contributed by atoms with Gasteiger partial charge in [-0.3, -0.25) is 9.78 Å². The molecule has 0 bridgehead atoms. The minimum atomic E-state index is 0.0902. The lowest BCUT2D eigenvalue weighted by atomic mass is 10.1. The van der Waals surface area contributed by atoms with E-state index in [-0.39, 0.29) is 5.91 Å². The van der Waals surface area contributed by atoms with E-state index in [9.17, 15) is 4.79 Å². The van der Waals surface area contributed by atoms with E-state index < -0.39 is 0 Å². The lowest BCUT2D eigenvalue weighted by Gasteiger charge is -2.25. The van der Waals surface area contributed by atoms with Crippen LogP contribution in [0.2, 0.25) is 0 Å². The monoisotopic (exact) mass is 349 g/mol. The molecule has 1 aliphatic heterocycles. The zero-order valence-corrected chi connectivity index (χ0v) is 15.2. The standard InChI is InChI=1S/C20H23N5O/c1-14-13-21-7-6-19(14)24-8-3-9-25(11-10-24)20(26)16-4-5-17-18(12-16)23-15(2)22-17/h4-7,12-13H,3,8-11H2,1-2H3,(H,22,23). The number of hydrogen-bond acceptors (Lipinski definition) is 4. The minimum absolute atomic E-state index is 0.0902. The first-order chi connectivity index (χ1) is 12.6. The topological polar surface area (TPSA) is 65.1 Å². The molecule has 0 radical (unpaired) electrons. The van der Waals surface area contributed by atoms with Gasteiger partial charge in [-0.1, -0.05) is 0 Å². The molecule has 3 aromatic rings. The average Bonchev–Trinajstić information content (AvgIpc) is 2.85. The van der Waals surface area contributed by atoms with Crippen molar-refractivity contribution >= 4 is 22.6 Å². The van der Waals surface area contributed by atoms with Gasteiger partial charge < -0.3 is 14.8 Å². The van der Waals surface area contributed by atoms with Crippen molar-refractivity contribution in [1.29, 1.82) is 0 Å². The third-order valence-corrected chi connectivity index (χ3v) is 4.96. The maximum Gasteiger partial charge on any atom is 0.253 e. The van der Waals surface area contributed by atoms with Crippen LogP contribution in [-0.2, 0) is 0 Å². The molecular weight excluding hydrogens is 326 g/mol. The number of amides is 1. The Balaban J connectivity index is 1.51. The molecule has 6 heteroatoms. The highest BCUT2D eigenvalue weighted by molar-refractivity contribution is 5.97. The summed E-state index contributed by atoms with van der Waals surface area (Å²) in [5.74, 6) is 0.954. The summed E-state index contributed by atoms with van der Waals surface area (Å²) in [5.41, 5.74) is 4.91. The molecule has 26 heavy (non-hydrogen) atoms. The molecule has 1 fully saturated rings. The molecule has 1 aliphatic rings. The van der Waals surface area contributed by atoms with Gasteiger partial charge in [0.05, 0.1) is 11.0 Å². The first kappa shape index (κ1) is 16.6. The number of nitrogens with zero attached hydrogens (tertiary/aromatic N) is 4. The maximum atomic E-state index is 13.0. The largest absolute Gasteiger partial charge is 0.369 e. The predicted octanol–water partition coefficient (Wildman–Crippen LogP) is 2.93. The number of aromatic nitrogens is 3. The molecule has 1 saturated heterocycles. The van der Waals surface area contributed by atoms with Crippen LogP contribution in [0.15, 0.2) is 36.7 Å². The van der Waals surface area contributed by atoms with E-state index in [1.54, 1.807) is 0 Å². The Hall–Kier alpha value is -2.89. The third kappa shape index (κ3) is 3.14. The van der Waals surface area contributed by atoms with Gasteiger partial charge in [-0.05, 0) is 50.1 Å². The molecule has 0 unspecified atom stereocenters. The van der Waals surface area contributed by atoms with Crippen molar-refractivity contribution in [2.24, 2.45) is 0 Å². The number of aryl methyl sites for hydroxylation is 2. The lowest BCUT2D eigenvalue weighted by molar-refractivity contribution is 0.0767. The normalized spacial score (nSPS) is 15.3. The van der Waals surface area contributed by atoms with E-state index >= 15 is 0 Å². The number of carbonyl (C=O) groups excluding carboxylic acids is 1. The van der Waals surface area contributed by atoms with E-state index in [1.165, 1.54) is 11.3 Å². The molecule has 0 aliphatic carbocycles. The van der Waals surface area contributed by atoms with Crippen molar-refractivity contribution in [2.45, 2.75) is 20.3 Å². The van der Waals surface area contributed by atoms with Crippen molar-refractivity contribution < 1.29 is 4.79 Å². The molecule has 1 amide bonds. The summed E-state index contributed by atoms with van der Waals surface area (Å²) in [6, 6.07) is 7.76. The summed E-state index contributed by atoms with van der Waals surface area (Å²) < 4.78 is 0. The molecule has 1 aromatic carbocycles. The number of anilines is 1. The van der Waals surface area contributed by atoms with Gasteiger partial charge in [0.15, 0.2) is 0 Å². The SMILES string of the molecule is Cc1nc2ccc(C(=O)N3CCCN(c4ccncc4C)CC3)cc2[nH]1. The van der Waals surface area contributed by atoms with Crippen molar-refractivity contribution in [1.82, 2.24) is 19.9 Å². The van der Waals surface area contributed by atoms with Gasteiger partial charge in [0, 0.05) is 49.8 Å². The Kier molecular flexibility index (Phi) is 4.32. The molecular formula is C20H23N5O. The van der Waals surface area contributed by atoms with Crippen LogP contribution in [0.25, 0.3) is 11.0 Å². The van der Waals surface area contributed by atoms with Gasteiger partial charge in [0.25, 0.3) is 5.91 Å². The molecule has 4 rings (SSSR count). The number of nitrogens with one attached hydrogen (secondary N) is 1. The van der Waals surface area contributed by atoms with E-state index in [2.05, 4.69) is 32.8 Å². The number of imidazole rings is 1. The number of rotatable bonds is 2. The Morgan fingerprint density at radius 3 is 2.85 bits per heavy atom. The van der Waals surface area contributed by atoms with E-state index in [1.807, 2.05) is 42.4 Å². The highest BCUT2D eigenvalue weighted by atomic mass is 16.2. The van der Waals surface area contributed by atoms with Crippen molar-refractivity contribution in [3.63, 3.8) is 0 Å².